The normalized spacial score (nSPS) is 16.8. The second kappa shape index (κ2) is 4.49. The summed E-state index contributed by atoms with van der Waals surface area (Å²) in [6.07, 6.45) is 4.81. The van der Waals surface area contributed by atoms with Crippen molar-refractivity contribution in [3.8, 4) is 0 Å². The van der Waals surface area contributed by atoms with E-state index in [2.05, 4.69) is 14.5 Å². The lowest BCUT2D eigenvalue weighted by molar-refractivity contribution is 0.197. The summed E-state index contributed by atoms with van der Waals surface area (Å²) >= 11 is 0. The van der Waals surface area contributed by atoms with Gasteiger partial charge in [-0.3, -0.25) is 10.3 Å². The summed E-state index contributed by atoms with van der Waals surface area (Å²) in [4.78, 5) is 6.72. The van der Waals surface area contributed by atoms with Crippen LogP contribution in [-0.2, 0) is 13.1 Å². The fraction of sp³-hybridized carbons (Fsp3) is 0.667. The number of nitrogens with zero attached hydrogens (tertiary/aromatic N) is 3. The van der Waals surface area contributed by atoms with Crippen LogP contribution in [0.4, 0.5) is 0 Å². The summed E-state index contributed by atoms with van der Waals surface area (Å²) in [6, 6.07) is 0. The van der Waals surface area contributed by atoms with Crippen LogP contribution in [0, 0.1) is 10.8 Å². The number of imidazole rings is 1. The third kappa shape index (κ3) is 2.66. The molecule has 5 heteroatoms. The highest BCUT2D eigenvalue weighted by atomic mass is 15.2. The van der Waals surface area contributed by atoms with Crippen molar-refractivity contribution in [1.29, 1.82) is 5.41 Å². The molecule has 0 atom stereocenters. The summed E-state index contributed by atoms with van der Waals surface area (Å²) in [5.74, 6) is 1.41. The lowest BCUT2D eigenvalue weighted by Crippen LogP contribution is -2.38. The molecule has 3 N–H and O–H groups in total. The lowest BCUT2D eigenvalue weighted by atomic mass is 9.88. The first kappa shape index (κ1) is 12.1. The Balaban J connectivity index is 1.88. The van der Waals surface area contributed by atoms with Gasteiger partial charge >= 0.3 is 0 Å². The van der Waals surface area contributed by atoms with Crippen molar-refractivity contribution in [2.75, 3.05) is 13.1 Å². The van der Waals surface area contributed by atoms with E-state index in [-0.39, 0.29) is 11.3 Å². The number of rotatable bonds is 4. The monoisotopic (exact) mass is 235 g/mol. The summed E-state index contributed by atoms with van der Waals surface area (Å²) in [6.45, 7) is 7.99. The van der Waals surface area contributed by atoms with Gasteiger partial charge < -0.3 is 10.3 Å². The van der Waals surface area contributed by atoms with E-state index in [4.69, 9.17) is 11.1 Å². The van der Waals surface area contributed by atoms with E-state index in [1.165, 1.54) is 0 Å². The van der Waals surface area contributed by atoms with Crippen molar-refractivity contribution < 1.29 is 0 Å². The Morgan fingerprint density at radius 3 is 3.00 bits per heavy atom. The Hall–Kier alpha value is -1.36. The summed E-state index contributed by atoms with van der Waals surface area (Å²) in [7, 11) is 0. The molecule has 0 aromatic carbocycles. The highest BCUT2D eigenvalue weighted by Crippen LogP contribution is 2.21. The lowest BCUT2D eigenvalue weighted by Gasteiger charge is -2.31. The largest absolute Gasteiger partial charge is 0.387 e. The number of nitrogens with one attached hydrogen (secondary N) is 1. The number of aromatic nitrogens is 2. The molecule has 2 heterocycles. The van der Waals surface area contributed by atoms with E-state index in [9.17, 15) is 0 Å². The molecule has 94 valence electrons. The van der Waals surface area contributed by atoms with Gasteiger partial charge in [-0.1, -0.05) is 13.8 Å². The van der Waals surface area contributed by atoms with Crippen molar-refractivity contribution in [1.82, 2.24) is 14.5 Å². The topological polar surface area (TPSA) is 70.9 Å². The molecule has 0 saturated heterocycles. The van der Waals surface area contributed by atoms with E-state index < -0.39 is 0 Å². The minimum atomic E-state index is -0.202. The molecular weight excluding hydrogens is 214 g/mol. The van der Waals surface area contributed by atoms with Crippen LogP contribution in [0.3, 0.4) is 0 Å². The molecule has 1 aliphatic rings. The molecule has 0 spiro atoms. The summed E-state index contributed by atoms with van der Waals surface area (Å²) in [5.41, 5.74) is 5.39. The molecule has 1 aromatic heterocycles. The van der Waals surface area contributed by atoms with E-state index >= 15 is 0 Å². The minimum Gasteiger partial charge on any atom is -0.387 e. The number of nitrogens with two attached hydrogens (primary N) is 1. The first-order chi connectivity index (χ1) is 7.99. The number of hydrogen-bond donors (Lipinski definition) is 2. The van der Waals surface area contributed by atoms with Crippen LogP contribution >= 0.6 is 0 Å². The molecule has 0 bridgehead atoms. The standard InChI is InChI=1S/C12H21N5/c1-12(2,11(13)14)3-5-16-7-8-17-6-4-15-10(17)9-16/h4,6H,3,5,7-9H2,1-2H3,(H3,13,14). The van der Waals surface area contributed by atoms with Gasteiger partial charge in [-0.25, -0.2) is 4.98 Å². The van der Waals surface area contributed by atoms with Gasteiger partial charge in [0.25, 0.3) is 0 Å². The zero-order valence-electron chi connectivity index (χ0n) is 10.6. The molecule has 5 nitrogen and oxygen atoms in total. The van der Waals surface area contributed by atoms with Crippen LogP contribution in [0.25, 0.3) is 0 Å². The van der Waals surface area contributed by atoms with Gasteiger partial charge in [0.1, 0.15) is 5.82 Å². The average Bonchev–Trinajstić information content (AvgIpc) is 2.73. The third-order valence-electron chi connectivity index (χ3n) is 3.61. The minimum absolute atomic E-state index is 0.202. The molecule has 0 radical (unpaired) electrons. The van der Waals surface area contributed by atoms with Gasteiger partial charge in [-0.15, -0.1) is 0 Å². The predicted molar refractivity (Wildman–Crippen MR) is 67.8 cm³/mol. The highest BCUT2D eigenvalue weighted by Gasteiger charge is 2.24. The van der Waals surface area contributed by atoms with Crippen LogP contribution in [0.1, 0.15) is 26.1 Å². The summed E-state index contributed by atoms with van der Waals surface area (Å²) < 4.78 is 2.20. The Kier molecular flexibility index (Phi) is 3.19. The zero-order chi connectivity index (χ0) is 12.5. The third-order valence-corrected chi connectivity index (χ3v) is 3.61. The maximum atomic E-state index is 7.55. The molecule has 0 amide bonds. The molecule has 1 aromatic rings. The first-order valence-corrected chi connectivity index (χ1v) is 6.06. The Bertz CT molecular complexity index is 407. The number of amidine groups is 1. The Morgan fingerprint density at radius 2 is 2.29 bits per heavy atom. The van der Waals surface area contributed by atoms with Crippen LogP contribution < -0.4 is 5.73 Å². The fourth-order valence-corrected chi connectivity index (χ4v) is 1.99. The molecular formula is C12H21N5. The smallest absolute Gasteiger partial charge is 0.122 e. The van der Waals surface area contributed by atoms with Crippen molar-refractivity contribution in [2.45, 2.75) is 33.4 Å². The van der Waals surface area contributed by atoms with Crippen molar-refractivity contribution in [2.24, 2.45) is 11.1 Å². The van der Waals surface area contributed by atoms with E-state index in [0.717, 1.165) is 38.4 Å². The van der Waals surface area contributed by atoms with Crippen molar-refractivity contribution in [3.63, 3.8) is 0 Å². The van der Waals surface area contributed by atoms with Crippen molar-refractivity contribution >= 4 is 5.84 Å². The number of hydrogen-bond acceptors (Lipinski definition) is 3. The quantitative estimate of drug-likeness (QED) is 0.605. The molecule has 0 fully saturated rings. The zero-order valence-corrected chi connectivity index (χ0v) is 10.6. The van der Waals surface area contributed by atoms with E-state index in [1.807, 2.05) is 26.2 Å². The number of fused-ring (bicyclic) bond motifs is 1. The van der Waals surface area contributed by atoms with Crippen LogP contribution in [0.2, 0.25) is 0 Å². The highest BCUT2D eigenvalue weighted by molar-refractivity contribution is 5.82. The van der Waals surface area contributed by atoms with E-state index in [0.29, 0.717) is 0 Å². The second-order valence-corrected chi connectivity index (χ2v) is 5.36. The van der Waals surface area contributed by atoms with Crippen LogP contribution in [-0.4, -0.2) is 33.4 Å². The summed E-state index contributed by atoms with van der Waals surface area (Å²) in [5, 5.41) is 7.55. The fourth-order valence-electron chi connectivity index (χ4n) is 1.99. The van der Waals surface area contributed by atoms with Crippen LogP contribution in [0.15, 0.2) is 12.4 Å². The molecule has 0 saturated carbocycles. The van der Waals surface area contributed by atoms with Gasteiger partial charge in [-0.05, 0) is 13.0 Å². The maximum Gasteiger partial charge on any atom is 0.122 e. The SMILES string of the molecule is CC(C)(CCN1CCn2ccnc2C1)C(=N)N. The molecule has 0 unspecified atom stereocenters. The predicted octanol–water partition coefficient (Wildman–Crippen LogP) is 1.05. The molecule has 1 aliphatic heterocycles. The maximum absolute atomic E-state index is 7.55. The second-order valence-electron chi connectivity index (χ2n) is 5.36. The van der Waals surface area contributed by atoms with E-state index in [1.54, 1.807) is 0 Å². The van der Waals surface area contributed by atoms with Gasteiger partial charge in [0.15, 0.2) is 0 Å². The molecule has 17 heavy (non-hydrogen) atoms. The first-order valence-electron chi connectivity index (χ1n) is 6.06. The van der Waals surface area contributed by atoms with Gasteiger partial charge in [0.2, 0.25) is 0 Å². The van der Waals surface area contributed by atoms with Crippen LogP contribution in [0.5, 0.6) is 0 Å². The Labute approximate surface area is 102 Å². The van der Waals surface area contributed by atoms with Crippen molar-refractivity contribution in [3.05, 3.63) is 18.2 Å². The van der Waals surface area contributed by atoms with Gasteiger partial charge in [0, 0.05) is 30.9 Å². The average molecular weight is 235 g/mol. The molecule has 2 rings (SSSR count). The van der Waals surface area contributed by atoms with Gasteiger partial charge in [0.05, 0.1) is 12.4 Å². The molecule has 0 aliphatic carbocycles. The Morgan fingerprint density at radius 1 is 1.53 bits per heavy atom. The van der Waals surface area contributed by atoms with Gasteiger partial charge in [-0.2, -0.15) is 0 Å².